The second-order valence-corrected chi connectivity index (χ2v) is 3.90. The lowest BCUT2D eigenvalue weighted by atomic mass is 10.2. The van der Waals surface area contributed by atoms with E-state index in [1.807, 2.05) is 25.1 Å². The van der Waals surface area contributed by atoms with E-state index >= 15 is 0 Å². The summed E-state index contributed by atoms with van der Waals surface area (Å²) in [5.74, 6) is 0. The highest BCUT2D eigenvalue weighted by Crippen LogP contribution is 2.19. The van der Waals surface area contributed by atoms with Gasteiger partial charge in [0.2, 0.25) is 0 Å². The SMILES string of the molecule is COCCOCCNc1ccc(C)c(Cl)c1. The molecule has 1 aromatic carbocycles. The first-order valence-corrected chi connectivity index (χ1v) is 5.68. The van der Waals surface area contributed by atoms with Gasteiger partial charge in [0, 0.05) is 24.4 Å². The molecule has 0 saturated carbocycles. The molecule has 0 aromatic heterocycles. The zero-order valence-electron chi connectivity index (χ0n) is 9.75. The molecule has 0 amide bonds. The standard InChI is InChI=1S/C12H18ClNO2/c1-10-3-4-11(9-12(10)13)14-5-6-16-8-7-15-2/h3-4,9,14H,5-8H2,1-2H3. The molecule has 0 fully saturated rings. The van der Waals surface area contributed by atoms with Crippen LogP contribution in [-0.4, -0.2) is 33.5 Å². The number of hydrogen-bond acceptors (Lipinski definition) is 3. The van der Waals surface area contributed by atoms with E-state index in [0.717, 1.165) is 22.8 Å². The minimum Gasteiger partial charge on any atom is -0.383 e. The molecule has 1 N–H and O–H groups in total. The third kappa shape index (κ3) is 4.84. The molecule has 0 radical (unpaired) electrons. The molecule has 90 valence electrons. The maximum atomic E-state index is 6.01. The maximum absolute atomic E-state index is 6.01. The molecule has 0 aliphatic heterocycles. The number of methoxy groups -OCH3 is 1. The number of ether oxygens (including phenoxy) is 2. The van der Waals surface area contributed by atoms with Gasteiger partial charge in [-0.15, -0.1) is 0 Å². The highest BCUT2D eigenvalue weighted by molar-refractivity contribution is 6.31. The summed E-state index contributed by atoms with van der Waals surface area (Å²) in [6.45, 7) is 4.68. The second-order valence-electron chi connectivity index (χ2n) is 3.50. The van der Waals surface area contributed by atoms with Gasteiger partial charge < -0.3 is 14.8 Å². The number of nitrogens with one attached hydrogen (secondary N) is 1. The molecule has 1 aromatic rings. The normalized spacial score (nSPS) is 10.4. The highest BCUT2D eigenvalue weighted by Gasteiger charge is 1.96. The fraction of sp³-hybridized carbons (Fsp3) is 0.500. The van der Waals surface area contributed by atoms with Gasteiger partial charge in [0.15, 0.2) is 0 Å². The average Bonchev–Trinajstić information content (AvgIpc) is 2.28. The smallest absolute Gasteiger partial charge is 0.0701 e. The Kier molecular flexibility index (Phi) is 6.23. The zero-order valence-corrected chi connectivity index (χ0v) is 10.5. The van der Waals surface area contributed by atoms with Crippen LogP contribution in [0.2, 0.25) is 5.02 Å². The van der Waals surface area contributed by atoms with E-state index in [9.17, 15) is 0 Å². The van der Waals surface area contributed by atoms with Crippen LogP contribution < -0.4 is 5.32 Å². The van der Waals surface area contributed by atoms with Gasteiger partial charge in [-0.2, -0.15) is 0 Å². The van der Waals surface area contributed by atoms with Gasteiger partial charge in [-0.05, 0) is 24.6 Å². The first-order valence-electron chi connectivity index (χ1n) is 5.30. The van der Waals surface area contributed by atoms with Crippen LogP contribution in [0.3, 0.4) is 0 Å². The first-order chi connectivity index (χ1) is 7.74. The molecule has 16 heavy (non-hydrogen) atoms. The van der Waals surface area contributed by atoms with E-state index in [1.165, 1.54) is 0 Å². The molecular formula is C12H18ClNO2. The summed E-state index contributed by atoms with van der Waals surface area (Å²) in [5, 5.41) is 4.02. The molecule has 0 aliphatic carbocycles. The van der Waals surface area contributed by atoms with Gasteiger partial charge >= 0.3 is 0 Å². The molecule has 1 rings (SSSR count). The lowest BCUT2D eigenvalue weighted by molar-refractivity contribution is 0.0759. The van der Waals surface area contributed by atoms with E-state index in [0.29, 0.717) is 19.8 Å². The van der Waals surface area contributed by atoms with E-state index in [2.05, 4.69) is 5.32 Å². The number of aryl methyl sites for hydroxylation is 1. The van der Waals surface area contributed by atoms with Crippen molar-refractivity contribution < 1.29 is 9.47 Å². The molecule has 0 saturated heterocycles. The largest absolute Gasteiger partial charge is 0.383 e. The van der Waals surface area contributed by atoms with Crippen LogP contribution >= 0.6 is 11.6 Å². The van der Waals surface area contributed by atoms with Gasteiger partial charge in [0.05, 0.1) is 19.8 Å². The monoisotopic (exact) mass is 243 g/mol. The Labute approximate surface area is 102 Å². The molecular weight excluding hydrogens is 226 g/mol. The Morgan fingerprint density at radius 2 is 2.06 bits per heavy atom. The third-order valence-corrected chi connectivity index (χ3v) is 2.59. The van der Waals surface area contributed by atoms with E-state index in [4.69, 9.17) is 21.1 Å². The number of hydrogen-bond donors (Lipinski definition) is 1. The Hall–Kier alpha value is -0.770. The van der Waals surface area contributed by atoms with Gasteiger partial charge in [0.25, 0.3) is 0 Å². The van der Waals surface area contributed by atoms with Crippen molar-refractivity contribution in [3.8, 4) is 0 Å². The van der Waals surface area contributed by atoms with Crippen molar-refractivity contribution in [3.05, 3.63) is 28.8 Å². The van der Waals surface area contributed by atoms with Crippen LogP contribution in [0.25, 0.3) is 0 Å². The Morgan fingerprint density at radius 3 is 2.75 bits per heavy atom. The molecule has 3 nitrogen and oxygen atoms in total. The molecule has 0 atom stereocenters. The number of anilines is 1. The minimum atomic E-state index is 0.632. The van der Waals surface area contributed by atoms with Crippen LogP contribution in [0.5, 0.6) is 0 Å². The van der Waals surface area contributed by atoms with Gasteiger partial charge in [-0.25, -0.2) is 0 Å². The molecule has 0 aliphatic rings. The Morgan fingerprint density at radius 1 is 1.25 bits per heavy atom. The summed E-state index contributed by atoms with van der Waals surface area (Å²) in [5.41, 5.74) is 2.11. The molecule has 0 spiro atoms. The third-order valence-electron chi connectivity index (χ3n) is 2.18. The molecule has 0 heterocycles. The van der Waals surface area contributed by atoms with Crippen LogP contribution in [0.4, 0.5) is 5.69 Å². The van der Waals surface area contributed by atoms with E-state index in [1.54, 1.807) is 7.11 Å². The number of benzene rings is 1. The van der Waals surface area contributed by atoms with Gasteiger partial charge in [-0.1, -0.05) is 17.7 Å². The van der Waals surface area contributed by atoms with Crippen molar-refractivity contribution in [2.75, 3.05) is 38.8 Å². The average molecular weight is 244 g/mol. The van der Waals surface area contributed by atoms with Crippen LogP contribution in [0.1, 0.15) is 5.56 Å². The van der Waals surface area contributed by atoms with Crippen molar-refractivity contribution in [1.29, 1.82) is 0 Å². The van der Waals surface area contributed by atoms with Crippen LogP contribution in [-0.2, 0) is 9.47 Å². The van der Waals surface area contributed by atoms with Gasteiger partial charge in [-0.3, -0.25) is 0 Å². The van der Waals surface area contributed by atoms with Crippen molar-refractivity contribution in [3.63, 3.8) is 0 Å². The van der Waals surface area contributed by atoms with Crippen molar-refractivity contribution in [1.82, 2.24) is 0 Å². The first kappa shape index (κ1) is 13.3. The molecule has 4 heteroatoms. The van der Waals surface area contributed by atoms with E-state index in [-0.39, 0.29) is 0 Å². The van der Waals surface area contributed by atoms with Gasteiger partial charge in [0.1, 0.15) is 0 Å². The van der Waals surface area contributed by atoms with Crippen molar-refractivity contribution >= 4 is 17.3 Å². The lowest BCUT2D eigenvalue weighted by Crippen LogP contribution is -2.11. The number of halogens is 1. The quantitative estimate of drug-likeness (QED) is 0.747. The minimum absolute atomic E-state index is 0.632. The summed E-state index contributed by atoms with van der Waals surface area (Å²) < 4.78 is 10.2. The predicted octanol–water partition coefficient (Wildman–Crippen LogP) is 2.72. The highest BCUT2D eigenvalue weighted by atomic mass is 35.5. The summed E-state index contributed by atoms with van der Waals surface area (Å²) in [7, 11) is 1.66. The molecule has 0 bridgehead atoms. The Bertz CT molecular complexity index is 318. The summed E-state index contributed by atoms with van der Waals surface area (Å²) in [6, 6.07) is 5.93. The second kappa shape index (κ2) is 7.49. The van der Waals surface area contributed by atoms with Crippen LogP contribution in [0, 0.1) is 6.92 Å². The summed E-state index contributed by atoms with van der Waals surface area (Å²) >= 11 is 6.01. The van der Waals surface area contributed by atoms with Crippen molar-refractivity contribution in [2.45, 2.75) is 6.92 Å². The fourth-order valence-corrected chi connectivity index (χ4v) is 1.40. The lowest BCUT2D eigenvalue weighted by Gasteiger charge is -2.08. The van der Waals surface area contributed by atoms with Crippen molar-refractivity contribution in [2.24, 2.45) is 0 Å². The zero-order chi connectivity index (χ0) is 11.8. The van der Waals surface area contributed by atoms with E-state index < -0.39 is 0 Å². The summed E-state index contributed by atoms with van der Waals surface area (Å²) in [4.78, 5) is 0. The predicted molar refractivity (Wildman–Crippen MR) is 67.4 cm³/mol. The maximum Gasteiger partial charge on any atom is 0.0701 e. The fourth-order valence-electron chi connectivity index (χ4n) is 1.21. The topological polar surface area (TPSA) is 30.5 Å². The van der Waals surface area contributed by atoms with Crippen LogP contribution in [0.15, 0.2) is 18.2 Å². The Balaban J connectivity index is 2.19. The number of rotatable bonds is 7. The summed E-state index contributed by atoms with van der Waals surface area (Å²) in [6.07, 6.45) is 0. The molecule has 0 unspecified atom stereocenters.